The Balaban J connectivity index is 2.22. The summed E-state index contributed by atoms with van der Waals surface area (Å²) in [6.45, 7) is 0. The first kappa shape index (κ1) is 6.47. The van der Waals surface area contributed by atoms with E-state index >= 15 is 0 Å². The van der Waals surface area contributed by atoms with E-state index in [1.807, 2.05) is 0 Å². The van der Waals surface area contributed by atoms with E-state index in [1.165, 1.54) is 12.8 Å². The molecule has 1 aromatic rings. The van der Waals surface area contributed by atoms with Crippen molar-refractivity contribution in [2.24, 2.45) is 0 Å². The zero-order valence-electron chi connectivity index (χ0n) is 7.03. The van der Waals surface area contributed by atoms with E-state index in [-0.39, 0.29) is 0 Å². The average Bonchev–Trinajstić information content (AvgIpc) is 2.41. The van der Waals surface area contributed by atoms with E-state index in [4.69, 9.17) is 0 Å². The Bertz CT molecular complexity index is 336. The lowest BCUT2D eigenvalue weighted by Gasteiger charge is -2.11. The van der Waals surface area contributed by atoms with E-state index in [1.54, 1.807) is 11.1 Å². The molecule has 0 amide bonds. The van der Waals surface area contributed by atoms with E-state index in [2.05, 4.69) is 36.4 Å². The van der Waals surface area contributed by atoms with Crippen molar-refractivity contribution in [2.75, 3.05) is 0 Å². The van der Waals surface area contributed by atoms with Crippen LogP contribution >= 0.6 is 0 Å². The third-order valence-electron chi connectivity index (χ3n) is 3.16. The monoisotopic (exact) mass is 156 g/mol. The summed E-state index contributed by atoms with van der Waals surface area (Å²) in [5.41, 5.74) is 3.18. The molecule has 60 valence electrons. The first-order valence-corrected chi connectivity index (χ1v) is 4.70. The van der Waals surface area contributed by atoms with E-state index in [0.717, 1.165) is 11.8 Å². The summed E-state index contributed by atoms with van der Waals surface area (Å²) in [7, 11) is 0. The predicted molar refractivity (Wildman–Crippen MR) is 50.3 cm³/mol. The van der Waals surface area contributed by atoms with Gasteiger partial charge in [-0.15, -0.1) is 0 Å². The molecule has 0 saturated heterocycles. The molecule has 0 N–H and O–H groups in total. The Morgan fingerprint density at radius 2 is 1.92 bits per heavy atom. The lowest BCUT2D eigenvalue weighted by molar-refractivity contribution is 0.627. The molecule has 2 bridgehead atoms. The topological polar surface area (TPSA) is 0 Å². The number of hydrogen-bond donors (Lipinski definition) is 0. The van der Waals surface area contributed by atoms with Gasteiger partial charge in [0.1, 0.15) is 0 Å². The molecule has 0 nitrogen and oxygen atoms in total. The Labute approximate surface area is 72.9 Å². The third kappa shape index (κ3) is 0.726. The maximum absolute atomic E-state index is 2.38. The van der Waals surface area contributed by atoms with Crippen molar-refractivity contribution < 1.29 is 0 Å². The molecule has 0 heteroatoms. The van der Waals surface area contributed by atoms with Crippen LogP contribution in [0.2, 0.25) is 0 Å². The van der Waals surface area contributed by atoms with Gasteiger partial charge in [0.05, 0.1) is 0 Å². The van der Waals surface area contributed by atoms with Crippen molar-refractivity contribution in [1.82, 2.24) is 0 Å². The maximum atomic E-state index is 2.38. The third-order valence-corrected chi connectivity index (χ3v) is 3.16. The predicted octanol–water partition coefficient (Wildman–Crippen LogP) is 3.22. The van der Waals surface area contributed by atoms with Gasteiger partial charge in [-0.2, -0.15) is 0 Å². The highest BCUT2D eigenvalue weighted by atomic mass is 14.3. The molecule has 1 aromatic carbocycles. The Morgan fingerprint density at radius 3 is 2.83 bits per heavy atom. The van der Waals surface area contributed by atoms with Crippen LogP contribution in [0, 0.1) is 0 Å². The first-order valence-electron chi connectivity index (χ1n) is 4.70. The van der Waals surface area contributed by atoms with Crippen LogP contribution in [-0.2, 0) is 0 Å². The molecule has 0 aromatic heterocycles. The standard InChI is InChI=1S/C12H12/c1-2-7-12-10-5-3-4-9(8-10)11(12)6-1/h1-4,6-7,9-10H,5,8H2. The number of benzene rings is 1. The number of fused-ring (bicyclic) bond motifs is 5. The molecule has 0 aliphatic heterocycles. The molecule has 2 unspecified atom stereocenters. The van der Waals surface area contributed by atoms with E-state index in [9.17, 15) is 0 Å². The molecule has 0 spiro atoms. The molecule has 2 atom stereocenters. The van der Waals surface area contributed by atoms with E-state index in [0.29, 0.717) is 0 Å². The van der Waals surface area contributed by atoms with Gasteiger partial charge < -0.3 is 0 Å². The van der Waals surface area contributed by atoms with E-state index < -0.39 is 0 Å². The van der Waals surface area contributed by atoms with Crippen LogP contribution in [0.1, 0.15) is 35.8 Å². The van der Waals surface area contributed by atoms with Crippen LogP contribution in [0.4, 0.5) is 0 Å². The van der Waals surface area contributed by atoms with Crippen LogP contribution < -0.4 is 0 Å². The molecule has 0 radical (unpaired) electrons. The lowest BCUT2D eigenvalue weighted by atomic mass is 9.93. The Kier molecular flexibility index (Phi) is 1.20. The summed E-state index contributed by atoms with van der Waals surface area (Å²) in [5.74, 6) is 1.57. The molecule has 0 fully saturated rings. The summed E-state index contributed by atoms with van der Waals surface area (Å²) in [4.78, 5) is 0. The average molecular weight is 156 g/mol. The van der Waals surface area contributed by atoms with Gasteiger partial charge in [0.2, 0.25) is 0 Å². The van der Waals surface area contributed by atoms with Crippen molar-refractivity contribution in [3.8, 4) is 0 Å². The quantitative estimate of drug-likeness (QED) is 0.506. The number of allylic oxidation sites excluding steroid dienone is 2. The van der Waals surface area contributed by atoms with Gasteiger partial charge in [-0.3, -0.25) is 0 Å². The molecule has 12 heavy (non-hydrogen) atoms. The summed E-state index contributed by atoms with van der Waals surface area (Å²) < 4.78 is 0. The van der Waals surface area contributed by atoms with Gasteiger partial charge in [0.15, 0.2) is 0 Å². The largest absolute Gasteiger partial charge is 0.0873 e. The second-order valence-corrected chi connectivity index (χ2v) is 3.83. The zero-order chi connectivity index (χ0) is 7.97. The summed E-state index contributed by atoms with van der Waals surface area (Å²) >= 11 is 0. The summed E-state index contributed by atoms with van der Waals surface area (Å²) in [5, 5.41) is 0. The molecule has 2 aliphatic carbocycles. The maximum Gasteiger partial charge on any atom is 0.00267 e. The SMILES string of the molecule is C1=CC2CC(C1)c1ccccc12. The van der Waals surface area contributed by atoms with Crippen LogP contribution in [0.5, 0.6) is 0 Å². The minimum Gasteiger partial charge on any atom is -0.0873 e. The fourth-order valence-corrected chi connectivity index (χ4v) is 2.59. The molecular formula is C12H12. The van der Waals surface area contributed by atoms with Gasteiger partial charge in [-0.05, 0) is 29.9 Å². The van der Waals surface area contributed by atoms with Crippen molar-refractivity contribution in [2.45, 2.75) is 24.7 Å². The van der Waals surface area contributed by atoms with Crippen LogP contribution in [0.3, 0.4) is 0 Å². The minimum atomic E-state index is 0.736. The first-order chi connectivity index (χ1) is 5.95. The van der Waals surface area contributed by atoms with Crippen molar-refractivity contribution in [1.29, 1.82) is 0 Å². The Hall–Kier alpha value is -1.04. The summed E-state index contributed by atoms with van der Waals surface area (Å²) in [6.07, 6.45) is 7.34. The molecule has 0 heterocycles. The number of hydrogen-bond acceptors (Lipinski definition) is 0. The molecular weight excluding hydrogens is 144 g/mol. The highest BCUT2D eigenvalue weighted by molar-refractivity contribution is 5.43. The molecule has 3 rings (SSSR count). The van der Waals surface area contributed by atoms with Gasteiger partial charge >= 0.3 is 0 Å². The van der Waals surface area contributed by atoms with Crippen molar-refractivity contribution >= 4 is 0 Å². The second kappa shape index (κ2) is 2.22. The fourth-order valence-electron chi connectivity index (χ4n) is 2.59. The highest BCUT2D eigenvalue weighted by Gasteiger charge is 2.30. The van der Waals surface area contributed by atoms with Crippen LogP contribution in [0.25, 0.3) is 0 Å². The highest BCUT2D eigenvalue weighted by Crippen LogP contribution is 2.46. The van der Waals surface area contributed by atoms with Crippen molar-refractivity contribution in [3.63, 3.8) is 0 Å². The summed E-state index contributed by atoms with van der Waals surface area (Å²) in [6, 6.07) is 8.91. The smallest absolute Gasteiger partial charge is 0.00267 e. The van der Waals surface area contributed by atoms with Gasteiger partial charge in [-0.1, -0.05) is 36.4 Å². The van der Waals surface area contributed by atoms with Crippen LogP contribution in [-0.4, -0.2) is 0 Å². The van der Waals surface area contributed by atoms with Crippen LogP contribution in [0.15, 0.2) is 36.4 Å². The van der Waals surface area contributed by atoms with Gasteiger partial charge in [0, 0.05) is 5.92 Å². The zero-order valence-corrected chi connectivity index (χ0v) is 7.03. The minimum absolute atomic E-state index is 0.736. The Morgan fingerprint density at radius 1 is 1.08 bits per heavy atom. The van der Waals surface area contributed by atoms with Crippen molar-refractivity contribution in [3.05, 3.63) is 47.5 Å². The lowest BCUT2D eigenvalue weighted by Crippen LogP contribution is -1.95. The normalized spacial score (nSPS) is 30.3. The van der Waals surface area contributed by atoms with Gasteiger partial charge in [0.25, 0.3) is 0 Å². The van der Waals surface area contributed by atoms with Gasteiger partial charge in [-0.25, -0.2) is 0 Å². The fraction of sp³-hybridized carbons (Fsp3) is 0.333. The second-order valence-electron chi connectivity index (χ2n) is 3.83. The number of rotatable bonds is 0. The molecule has 0 saturated carbocycles. The molecule has 2 aliphatic rings.